The first-order chi connectivity index (χ1) is 22.7. The number of hydrogen-bond donors (Lipinski definition) is 7. The molecule has 0 unspecified atom stereocenters. The summed E-state index contributed by atoms with van der Waals surface area (Å²) in [6, 6.07) is 13.6. The molecule has 4 heterocycles. The van der Waals surface area contributed by atoms with E-state index in [1.165, 1.54) is 28.3 Å². The van der Waals surface area contributed by atoms with Gasteiger partial charge in [-0.05, 0) is 72.7 Å². The lowest BCUT2D eigenvalue weighted by Crippen LogP contribution is -2.39. The number of carbonyl (C=O) groups is 2. The molecule has 7 rings (SSSR count). The number of carboxylic acid groups (broad SMARTS) is 1. The number of aryl methyl sites for hydroxylation is 1. The number of aromatic carboxylic acids is 1. The Bertz CT molecular complexity index is 1600. The highest BCUT2D eigenvalue weighted by Gasteiger charge is 2.34. The number of fused-ring (bicyclic) bond motifs is 1. The molecule has 0 atom stereocenters. The lowest BCUT2D eigenvalue weighted by atomic mass is 9.86. The molecule has 13 heteroatoms. The van der Waals surface area contributed by atoms with Gasteiger partial charge >= 0.3 is 11.9 Å². The first kappa shape index (κ1) is 33.8. The Morgan fingerprint density at radius 1 is 0.957 bits per heavy atom. The summed E-state index contributed by atoms with van der Waals surface area (Å²) in [5.41, 5.74) is 7.06. The van der Waals surface area contributed by atoms with Gasteiger partial charge in [-0.2, -0.15) is 15.2 Å². The van der Waals surface area contributed by atoms with Gasteiger partial charge in [-0.25, -0.2) is 4.79 Å². The minimum atomic E-state index is -1.21. The Morgan fingerprint density at radius 3 is 2.17 bits per heavy atom. The molecule has 4 aliphatic rings. The van der Waals surface area contributed by atoms with E-state index in [1.54, 1.807) is 25.1 Å². The van der Waals surface area contributed by atoms with Crippen LogP contribution in [0.5, 0.6) is 5.75 Å². The van der Waals surface area contributed by atoms with Crippen LogP contribution in [0.1, 0.15) is 48.9 Å². The van der Waals surface area contributed by atoms with Crippen LogP contribution >= 0.6 is 0 Å². The second-order valence-corrected chi connectivity index (χ2v) is 12.3. The number of para-hydroxylation sites is 1. The molecule has 0 radical (unpaired) electrons. The van der Waals surface area contributed by atoms with Crippen molar-refractivity contribution in [2.75, 3.05) is 62.8 Å². The van der Waals surface area contributed by atoms with Gasteiger partial charge in [-0.3, -0.25) is 10.2 Å². The maximum atomic E-state index is 13.1. The second-order valence-electron chi connectivity index (χ2n) is 12.3. The number of amides is 1. The quantitative estimate of drug-likeness (QED) is 0.161. The van der Waals surface area contributed by atoms with Gasteiger partial charge in [0.25, 0.3) is 0 Å². The Hall–Kier alpha value is -4.56. The largest absolute Gasteiger partial charge is 0.505 e. The number of hydrogen-bond acceptors (Lipinski definition) is 11. The highest BCUT2D eigenvalue weighted by molar-refractivity contribution is 6.71. The van der Waals surface area contributed by atoms with E-state index >= 15 is 0 Å². The van der Waals surface area contributed by atoms with Gasteiger partial charge in [0.15, 0.2) is 11.5 Å². The number of benzene rings is 2. The Morgan fingerprint density at radius 2 is 1.60 bits per heavy atom. The number of aromatic hydroxyl groups is 1. The van der Waals surface area contributed by atoms with E-state index in [1.807, 2.05) is 12.1 Å². The molecule has 3 aliphatic heterocycles. The number of furan rings is 1. The van der Waals surface area contributed by atoms with Crippen LogP contribution in [0.25, 0.3) is 11.3 Å². The van der Waals surface area contributed by atoms with Gasteiger partial charge in [0, 0.05) is 52.4 Å². The van der Waals surface area contributed by atoms with Gasteiger partial charge in [-0.15, -0.1) is 0 Å². The molecule has 47 heavy (non-hydrogen) atoms. The molecular weight excluding hydrogens is 600 g/mol. The van der Waals surface area contributed by atoms with Crippen LogP contribution in [0, 0.1) is 0 Å². The summed E-state index contributed by atoms with van der Waals surface area (Å²) < 4.78 is 5.29. The summed E-state index contributed by atoms with van der Waals surface area (Å²) >= 11 is 0. The van der Waals surface area contributed by atoms with Crippen molar-refractivity contribution in [3.63, 3.8) is 0 Å². The second kappa shape index (κ2) is 15.4. The molecule has 7 N–H and O–H groups in total. The number of nitrogens with one attached hydrogen (secondary N) is 5. The van der Waals surface area contributed by atoms with Crippen LogP contribution in [-0.4, -0.2) is 85.9 Å². The molecule has 0 saturated carbocycles. The van der Waals surface area contributed by atoms with Crippen LogP contribution in [0.3, 0.4) is 0 Å². The smallest absolute Gasteiger partial charge is 0.371 e. The van der Waals surface area contributed by atoms with E-state index in [9.17, 15) is 14.7 Å². The van der Waals surface area contributed by atoms with E-state index in [0.29, 0.717) is 11.4 Å². The molecule has 2 saturated heterocycles. The van der Waals surface area contributed by atoms with Crippen molar-refractivity contribution < 1.29 is 24.2 Å². The third-order valence-electron chi connectivity index (χ3n) is 8.39. The first-order valence-corrected chi connectivity index (χ1v) is 16.0. The van der Waals surface area contributed by atoms with Crippen molar-refractivity contribution in [2.24, 2.45) is 10.2 Å². The van der Waals surface area contributed by atoms with Gasteiger partial charge in [0.1, 0.15) is 5.76 Å². The molecule has 0 bridgehead atoms. The maximum absolute atomic E-state index is 13.1. The van der Waals surface area contributed by atoms with E-state index < -0.39 is 5.97 Å². The minimum Gasteiger partial charge on any atom is -0.505 e. The molecule has 1 amide bonds. The Labute approximate surface area is 274 Å². The number of carbonyl (C=O) groups excluding carboxylic acids is 1. The van der Waals surface area contributed by atoms with Gasteiger partial charge < -0.3 is 35.9 Å². The van der Waals surface area contributed by atoms with Crippen molar-refractivity contribution in [3.05, 3.63) is 65.4 Å². The number of rotatable bonds is 5. The fourth-order valence-electron chi connectivity index (χ4n) is 5.68. The van der Waals surface area contributed by atoms with E-state index in [4.69, 9.17) is 9.52 Å². The average Bonchev–Trinajstić information content (AvgIpc) is 3.78. The van der Waals surface area contributed by atoms with E-state index in [2.05, 4.69) is 56.8 Å². The monoisotopic (exact) mass is 644 g/mol. The van der Waals surface area contributed by atoms with Crippen LogP contribution in [0.2, 0.25) is 0 Å². The molecule has 3 aromatic rings. The zero-order valence-corrected chi connectivity index (χ0v) is 27.2. The van der Waals surface area contributed by atoms with Crippen LogP contribution in [-0.2, 0) is 16.6 Å². The third-order valence-corrected chi connectivity index (χ3v) is 8.39. The van der Waals surface area contributed by atoms with E-state index in [0.717, 1.165) is 65.2 Å². The van der Waals surface area contributed by atoms with Gasteiger partial charge in [0.05, 0.1) is 22.6 Å². The van der Waals surface area contributed by atoms with Crippen LogP contribution < -0.4 is 31.7 Å². The van der Waals surface area contributed by atoms with Gasteiger partial charge in [0.2, 0.25) is 5.76 Å². The summed E-state index contributed by atoms with van der Waals surface area (Å²) in [6.07, 6.45) is 2.09. The average molecular weight is 645 g/mol. The molecular formula is C34H44N8O5. The third kappa shape index (κ3) is 8.24. The summed E-state index contributed by atoms with van der Waals surface area (Å²) in [5, 5.41) is 42.6. The molecule has 250 valence electrons. The molecule has 2 aromatic carbocycles. The topological polar surface area (TPSA) is 176 Å². The number of hydrazone groups is 2. The summed E-state index contributed by atoms with van der Waals surface area (Å²) in [5.74, 6) is -1.82. The number of anilines is 2. The van der Waals surface area contributed by atoms with Crippen molar-refractivity contribution in [1.82, 2.24) is 21.3 Å². The predicted octanol–water partition coefficient (Wildman–Crippen LogP) is 3.12. The summed E-state index contributed by atoms with van der Waals surface area (Å²) in [7, 11) is 0. The van der Waals surface area contributed by atoms with Crippen molar-refractivity contribution in [3.8, 4) is 17.1 Å². The number of phenols is 1. The van der Waals surface area contributed by atoms with Crippen LogP contribution in [0.15, 0.2) is 63.2 Å². The lowest BCUT2D eigenvalue weighted by molar-refractivity contribution is -0.112. The summed E-state index contributed by atoms with van der Waals surface area (Å²) in [6.45, 7) is 15.2. The standard InChI is InChI=1S/C26H24N4O5.2C4H10N2/c1-14-22(24(32)30(29-14)16-8-7-15-11-12-26(2,3)18(15)13-16)28-27-19-6-4-5-17(23(19)31)20-9-10-21(35-20)25(33)34;2*1-2-6-4-3-5-1/h4-10,13,27,31H,11-12H2,1-3H3,(H,33,34);2*5-6H,1-4H2. The fraction of sp³-hybridized carbons (Fsp3) is 0.412. The van der Waals surface area contributed by atoms with E-state index in [-0.39, 0.29) is 45.6 Å². The Balaban J connectivity index is 0.000000301. The molecule has 1 aromatic heterocycles. The zero-order valence-electron chi connectivity index (χ0n) is 27.2. The van der Waals surface area contributed by atoms with Crippen LogP contribution in [0.4, 0.5) is 11.4 Å². The first-order valence-electron chi connectivity index (χ1n) is 16.0. The molecule has 13 nitrogen and oxygen atoms in total. The number of piperazine rings is 2. The van der Waals surface area contributed by atoms with Crippen molar-refractivity contribution in [1.29, 1.82) is 0 Å². The fourth-order valence-corrected chi connectivity index (χ4v) is 5.68. The number of carboxylic acids is 1. The zero-order chi connectivity index (χ0) is 33.4. The minimum absolute atomic E-state index is 0.0487. The maximum Gasteiger partial charge on any atom is 0.371 e. The molecule has 2 fully saturated rings. The van der Waals surface area contributed by atoms with Gasteiger partial charge in [-0.1, -0.05) is 26.0 Å². The number of phenolic OH excluding ortho intramolecular Hbond substituents is 1. The summed E-state index contributed by atoms with van der Waals surface area (Å²) in [4.78, 5) is 24.2. The van der Waals surface area contributed by atoms with Crippen molar-refractivity contribution in [2.45, 2.75) is 39.0 Å². The van der Waals surface area contributed by atoms with Crippen molar-refractivity contribution >= 4 is 34.7 Å². The highest BCUT2D eigenvalue weighted by atomic mass is 16.4. The molecule has 0 spiro atoms. The number of nitrogens with zero attached hydrogens (tertiary/aromatic N) is 3. The highest BCUT2D eigenvalue weighted by Crippen LogP contribution is 2.40. The SMILES string of the molecule is C1CNCCN1.C1CNCCN1.CC1=NN(c2ccc3c(c2)C(C)(C)CC3)C(=O)C1=NNc1cccc(-c2ccc(C(=O)O)o2)c1O. The Kier molecular flexibility index (Phi) is 11.0. The normalized spacial score (nSPS) is 19.2. The predicted molar refractivity (Wildman–Crippen MR) is 184 cm³/mol. The lowest BCUT2D eigenvalue weighted by Gasteiger charge is -2.21. The molecule has 1 aliphatic carbocycles.